The van der Waals surface area contributed by atoms with Crippen LogP contribution in [0.2, 0.25) is 0 Å². The van der Waals surface area contributed by atoms with Crippen molar-refractivity contribution in [1.82, 2.24) is 4.98 Å². The molecule has 15 heavy (non-hydrogen) atoms. The van der Waals surface area contributed by atoms with E-state index < -0.39 is 0 Å². The maximum atomic E-state index is 8.60. The lowest BCUT2D eigenvalue weighted by molar-refractivity contribution is 0.321. The zero-order chi connectivity index (χ0) is 10.8. The molecule has 0 saturated carbocycles. The molecule has 1 aromatic carbocycles. The van der Waals surface area contributed by atoms with E-state index in [0.29, 0.717) is 5.56 Å². The Balaban J connectivity index is 2.71. The molecule has 4 nitrogen and oxygen atoms in total. The van der Waals surface area contributed by atoms with Crippen LogP contribution in [0.5, 0.6) is 5.75 Å². The van der Waals surface area contributed by atoms with E-state index in [1.807, 2.05) is 18.2 Å². The monoisotopic (exact) mass is 224 g/mol. The van der Waals surface area contributed by atoms with E-state index in [9.17, 15) is 0 Å². The number of methoxy groups -OCH3 is 1. The summed E-state index contributed by atoms with van der Waals surface area (Å²) in [4.78, 5) is 3.02. The number of benzene rings is 1. The predicted molar refractivity (Wildman–Crippen MR) is 59.0 cm³/mol. The molecule has 0 fully saturated rings. The van der Waals surface area contributed by atoms with Gasteiger partial charge in [-0.25, -0.2) is 0 Å². The van der Waals surface area contributed by atoms with Crippen LogP contribution in [0.4, 0.5) is 0 Å². The molecule has 0 aliphatic heterocycles. The molecule has 0 bridgehead atoms. The second kappa shape index (κ2) is 3.82. The van der Waals surface area contributed by atoms with Crippen LogP contribution in [0.25, 0.3) is 10.9 Å². The van der Waals surface area contributed by atoms with E-state index in [1.165, 1.54) is 0 Å². The fourth-order valence-electron chi connectivity index (χ4n) is 1.52. The summed E-state index contributed by atoms with van der Waals surface area (Å²) in [6.07, 6.45) is 1.68. The molecule has 2 aromatic rings. The van der Waals surface area contributed by atoms with Gasteiger partial charge in [0.1, 0.15) is 5.75 Å². The fraction of sp³-hybridized carbons (Fsp3) is 0.100. The molecule has 0 amide bonds. The molecular formula is C10H9ClN2O2. The first-order valence-electron chi connectivity index (χ1n) is 4.30. The smallest absolute Gasteiger partial charge is 0.177 e. The minimum absolute atomic E-state index is 0.0505. The highest BCUT2D eigenvalue weighted by Crippen LogP contribution is 2.27. The summed E-state index contributed by atoms with van der Waals surface area (Å²) in [5.41, 5.74) is 1.48. The highest BCUT2D eigenvalue weighted by atomic mass is 35.5. The summed E-state index contributed by atoms with van der Waals surface area (Å²) in [5, 5.41) is 12.5. The first-order chi connectivity index (χ1) is 7.27. The van der Waals surface area contributed by atoms with E-state index >= 15 is 0 Å². The molecule has 0 saturated heterocycles. The summed E-state index contributed by atoms with van der Waals surface area (Å²) in [7, 11) is 1.59. The maximum Gasteiger partial charge on any atom is 0.177 e. The van der Waals surface area contributed by atoms with Crippen LogP contribution in [-0.4, -0.2) is 22.5 Å². The first-order valence-corrected chi connectivity index (χ1v) is 4.67. The van der Waals surface area contributed by atoms with Crippen LogP contribution in [0.3, 0.4) is 0 Å². The van der Waals surface area contributed by atoms with Crippen molar-refractivity contribution in [3.8, 4) is 5.75 Å². The summed E-state index contributed by atoms with van der Waals surface area (Å²) in [5.74, 6) is 0.723. The lowest BCUT2D eigenvalue weighted by Crippen LogP contribution is -1.88. The standard InChI is InChI=1S/C10H9ClN2O2/c1-15-8-4-2-3-6-7(10(11)13-14)5-12-9(6)8/h2-5,12,14H,1H3/b13-10+. The van der Waals surface area contributed by atoms with Gasteiger partial charge < -0.3 is 14.9 Å². The number of ether oxygens (including phenoxy) is 1. The Morgan fingerprint density at radius 1 is 1.53 bits per heavy atom. The van der Waals surface area contributed by atoms with E-state index in [4.69, 9.17) is 21.5 Å². The Kier molecular flexibility index (Phi) is 2.51. The number of halogens is 1. The minimum atomic E-state index is 0.0505. The number of aromatic amines is 1. The number of aromatic nitrogens is 1. The predicted octanol–water partition coefficient (Wildman–Crippen LogP) is 2.55. The average molecular weight is 225 g/mol. The molecule has 5 heteroatoms. The number of rotatable bonds is 2. The highest BCUT2D eigenvalue weighted by molar-refractivity contribution is 6.70. The SMILES string of the molecule is COc1cccc2c(/C(Cl)=N\O)c[nH]c12. The number of nitrogens with zero attached hydrogens (tertiary/aromatic N) is 1. The molecule has 0 aliphatic carbocycles. The third-order valence-corrected chi connectivity index (χ3v) is 2.49. The van der Waals surface area contributed by atoms with Crippen LogP contribution in [0.15, 0.2) is 29.6 Å². The van der Waals surface area contributed by atoms with Crippen molar-refractivity contribution in [3.05, 3.63) is 30.0 Å². The highest BCUT2D eigenvalue weighted by Gasteiger charge is 2.10. The van der Waals surface area contributed by atoms with E-state index in [1.54, 1.807) is 13.3 Å². The van der Waals surface area contributed by atoms with E-state index in [2.05, 4.69) is 10.1 Å². The van der Waals surface area contributed by atoms with Gasteiger partial charge in [-0.05, 0) is 6.07 Å². The van der Waals surface area contributed by atoms with Crippen molar-refractivity contribution in [1.29, 1.82) is 0 Å². The Hall–Kier alpha value is -1.68. The molecule has 0 unspecified atom stereocenters. The second-order valence-corrected chi connectivity index (χ2v) is 3.33. The van der Waals surface area contributed by atoms with Gasteiger partial charge in [0.2, 0.25) is 0 Å². The largest absolute Gasteiger partial charge is 0.495 e. The number of H-pyrrole nitrogens is 1. The quantitative estimate of drug-likeness (QED) is 0.468. The van der Waals surface area contributed by atoms with Crippen LogP contribution >= 0.6 is 11.6 Å². The Morgan fingerprint density at radius 2 is 2.33 bits per heavy atom. The van der Waals surface area contributed by atoms with Crippen molar-refractivity contribution in [2.24, 2.45) is 5.16 Å². The number of oxime groups is 1. The third kappa shape index (κ3) is 1.53. The van der Waals surface area contributed by atoms with Gasteiger partial charge >= 0.3 is 0 Å². The van der Waals surface area contributed by atoms with E-state index in [-0.39, 0.29) is 5.17 Å². The lowest BCUT2D eigenvalue weighted by Gasteiger charge is -2.00. The van der Waals surface area contributed by atoms with Crippen LogP contribution in [0, 0.1) is 0 Å². The lowest BCUT2D eigenvalue weighted by atomic mass is 10.2. The maximum absolute atomic E-state index is 8.60. The third-order valence-electron chi connectivity index (χ3n) is 2.21. The normalized spacial score (nSPS) is 12.0. The van der Waals surface area contributed by atoms with Crippen molar-refractivity contribution in [3.63, 3.8) is 0 Å². The number of fused-ring (bicyclic) bond motifs is 1. The van der Waals surface area contributed by atoms with Gasteiger partial charge in [0.15, 0.2) is 5.17 Å². The van der Waals surface area contributed by atoms with Crippen molar-refractivity contribution >= 4 is 27.7 Å². The molecule has 0 spiro atoms. The Labute approximate surface area is 91.1 Å². The zero-order valence-electron chi connectivity index (χ0n) is 7.99. The van der Waals surface area contributed by atoms with Gasteiger partial charge in [-0.2, -0.15) is 0 Å². The number of hydrogen-bond acceptors (Lipinski definition) is 3. The first kappa shape index (κ1) is 9.86. The molecule has 1 heterocycles. The summed E-state index contributed by atoms with van der Waals surface area (Å²) in [6, 6.07) is 5.56. The van der Waals surface area contributed by atoms with Gasteiger partial charge in [-0.3, -0.25) is 0 Å². The van der Waals surface area contributed by atoms with E-state index in [0.717, 1.165) is 16.7 Å². The van der Waals surface area contributed by atoms with Crippen LogP contribution < -0.4 is 4.74 Å². The number of hydrogen-bond donors (Lipinski definition) is 2. The molecule has 0 aliphatic rings. The molecule has 78 valence electrons. The van der Waals surface area contributed by atoms with Gasteiger partial charge in [-0.15, -0.1) is 0 Å². The fourth-order valence-corrected chi connectivity index (χ4v) is 1.68. The van der Waals surface area contributed by atoms with Crippen LogP contribution in [0.1, 0.15) is 5.56 Å². The van der Waals surface area contributed by atoms with Crippen molar-refractivity contribution in [2.45, 2.75) is 0 Å². The number of nitrogens with one attached hydrogen (secondary N) is 1. The Morgan fingerprint density at radius 3 is 3.00 bits per heavy atom. The van der Waals surface area contributed by atoms with Crippen LogP contribution in [-0.2, 0) is 0 Å². The molecule has 0 atom stereocenters. The Bertz CT molecular complexity index is 519. The molecular weight excluding hydrogens is 216 g/mol. The van der Waals surface area contributed by atoms with Crippen molar-refractivity contribution in [2.75, 3.05) is 7.11 Å². The second-order valence-electron chi connectivity index (χ2n) is 2.98. The molecule has 0 radical (unpaired) electrons. The molecule has 2 rings (SSSR count). The number of para-hydroxylation sites is 1. The topological polar surface area (TPSA) is 57.6 Å². The summed E-state index contributed by atoms with van der Waals surface area (Å²) < 4.78 is 5.18. The zero-order valence-corrected chi connectivity index (χ0v) is 8.75. The average Bonchev–Trinajstić information content (AvgIpc) is 2.71. The minimum Gasteiger partial charge on any atom is -0.495 e. The van der Waals surface area contributed by atoms with Gasteiger partial charge in [0.25, 0.3) is 0 Å². The van der Waals surface area contributed by atoms with Gasteiger partial charge in [0.05, 0.1) is 12.6 Å². The molecule has 2 N–H and O–H groups in total. The summed E-state index contributed by atoms with van der Waals surface area (Å²) in [6.45, 7) is 0. The van der Waals surface area contributed by atoms with Gasteiger partial charge in [0, 0.05) is 17.1 Å². The summed E-state index contributed by atoms with van der Waals surface area (Å²) >= 11 is 5.75. The molecule has 1 aromatic heterocycles. The van der Waals surface area contributed by atoms with Gasteiger partial charge in [-0.1, -0.05) is 28.9 Å². The van der Waals surface area contributed by atoms with Crippen molar-refractivity contribution < 1.29 is 9.94 Å².